The van der Waals surface area contributed by atoms with Crippen LogP contribution in [0.1, 0.15) is 31.2 Å². The number of thioether (sulfide) groups is 1. The summed E-state index contributed by atoms with van der Waals surface area (Å²) in [6.45, 7) is 6.05. The number of benzene rings is 1. The van der Waals surface area contributed by atoms with Gasteiger partial charge in [-0.1, -0.05) is 26.0 Å². The van der Waals surface area contributed by atoms with E-state index in [-0.39, 0.29) is 5.92 Å². The fourth-order valence-corrected chi connectivity index (χ4v) is 2.36. The third kappa shape index (κ3) is 3.04. The average Bonchev–Trinajstić information content (AvgIpc) is 2.44. The second-order valence-corrected chi connectivity index (χ2v) is 5.77. The van der Waals surface area contributed by atoms with E-state index in [2.05, 4.69) is 41.5 Å². The van der Waals surface area contributed by atoms with Gasteiger partial charge in [-0.2, -0.15) is 0 Å². The Morgan fingerprint density at radius 3 is 2.55 bits per heavy atom. The number of nitrogen functional groups attached to an aromatic ring is 1. The average molecular weight is 288 g/mol. The molecule has 0 bridgehead atoms. The maximum atomic E-state index is 5.99. The Morgan fingerprint density at radius 1 is 1.20 bits per heavy atom. The molecule has 0 atom stereocenters. The Hall–Kier alpha value is -1.75. The maximum Gasteiger partial charge on any atom is 0.139 e. The predicted octanol–water partition coefficient (Wildman–Crippen LogP) is 3.96. The zero-order valence-electron chi connectivity index (χ0n) is 12.3. The van der Waals surface area contributed by atoms with Crippen molar-refractivity contribution in [3.05, 3.63) is 35.7 Å². The van der Waals surface area contributed by atoms with Gasteiger partial charge in [-0.15, -0.1) is 11.8 Å². The van der Waals surface area contributed by atoms with Gasteiger partial charge in [0.05, 0.1) is 5.69 Å². The number of nitrogens with zero attached hydrogens (tertiary/aromatic N) is 2. The fourth-order valence-electron chi connectivity index (χ4n) is 1.81. The lowest BCUT2D eigenvalue weighted by Crippen LogP contribution is -2.08. The molecule has 0 amide bonds. The lowest BCUT2D eigenvalue weighted by Gasteiger charge is -2.15. The molecule has 1 aromatic carbocycles. The largest absolute Gasteiger partial charge is 0.383 e. The summed E-state index contributed by atoms with van der Waals surface area (Å²) < 4.78 is 0. The van der Waals surface area contributed by atoms with Crippen LogP contribution in [-0.4, -0.2) is 16.2 Å². The summed E-state index contributed by atoms with van der Waals surface area (Å²) in [5, 5.41) is 3.38. The molecule has 0 fully saturated rings. The summed E-state index contributed by atoms with van der Waals surface area (Å²) >= 11 is 1.70. The van der Waals surface area contributed by atoms with E-state index in [1.807, 2.05) is 25.1 Å². The van der Waals surface area contributed by atoms with Gasteiger partial charge >= 0.3 is 0 Å². The number of nitrogens with two attached hydrogens (primary N) is 1. The van der Waals surface area contributed by atoms with Gasteiger partial charge in [-0.25, -0.2) is 9.97 Å². The summed E-state index contributed by atoms with van der Waals surface area (Å²) in [7, 11) is 0. The molecule has 2 aromatic rings. The second-order valence-electron chi connectivity index (χ2n) is 4.92. The minimum Gasteiger partial charge on any atom is -0.383 e. The molecule has 106 valence electrons. The van der Waals surface area contributed by atoms with Crippen LogP contribution in [0.15, 0.2) is 29.2 Å². The molecule has 0 aliphatic rings. The number of para-hydroxylation sites is 1. The van der Waals surface area contributed by atoms with Crippen molar-refractivity contribution >= 4 is 29.1 Å². The molecular weight excluding hydrogens is 268 g/mol. The van der Waals surface area contributed by atoms with Crippen molar-refractivity contribution in [2.24, 2.45) is 0 Å². The highest BCUT2D eigenvalue weighted by atomic mass is 32.2. The number of rotatable bonds is 4. The van der Waals surface area contributed by atoms with Crippen LogP contribution in [0.5, 0.6) is 0 Å². The summed E-state index contributed by atoms with van der Waals surface area (Å²) in [5.41, 5.74) is 7.90. The lowest BCUT2D eigenvalue weighted by atomic mass is 10.2. The minimum atomic E-state index is 0.245. The van der Waals surface area contributed by atoms with E-state index in [9.17, 15) is 0 Å². The molecule has 2 rings (SSSR count). The van der Waals surface area contributed by atoms with Gasteiger partial charge in [-0.05, 0) is 25.3 Å². The third-order valence-corrected chi connectivity index (χ3v) is 3.87. The zero-order chi connectivity index (χ0) is 14.7. The molecule has 0 aliphatic heterocycles. The Kier molecular flexibility index (Phi) is 4.49. The Balaban J connectivity index is 2.42. The molecule has 0 aliphatic carbocycles. The Bertz CT molecular complexity index is 611. The first-order valence-corrected chi connectivity index (χ1v) is 7.79. The molecule has 4 nitrogen and oxygen atoms in total. The molecule has 0 spiro atoms. The van der Waals surface area contributed by atoms with Crippen LogP contribution < -0.4 is 11.1 Å². The number of hydrogen-bond acceptors (Lipinski definition) is 5. The fraction of sp³-hybridized carbons (Fsp3) is 0.333. The van der Waals surface area contributed by atoms with Gasteiger partial charge in [0.2, 0.25) is 0 Å². The zero-order valence-corrected chi connectivity index (χ0v) is 13.1. The quantitative estimate of drug-likeness (QED) is 0.834. The van der Waals surface area contributed by atoms with Gasteiger partial charge in [0, 0.05) is 16.4 Å². The first-order chi connectivity index (χ1) is 9.52. The van der Waals surface area contributed by atoms with Crippen LogP contribution in [-0.2, 0) is 0 Å². The van der Waals surface area contributed by atoms with Crippen LogP contribution in [0.3, 0.4) is 0 Å². The third-order valence-electron chi connectivity index (χ3n) is 3.08. The molecule has 1 heterocycles. The van der Waals surface area contributed by atoms with E-state index in [1.165, 1.54) is 4.90 Å². The number of anilines is 3. The number of aromatic nitrogens is 2. The highest BCUT2D eigenvalue weighted by Gasteiger charge is 2.12. The van der Waals surface area contributed by atoms with Crippen LogP contribution in [0.25, 0.3) is 0 Å². The van der Waals surface area contributed by atoms with Crippen LogP contribution in [0.4, 0.5) is 17.3 Å². The van der Waals surface area contributed by atoms with Crippen LogP contribution in [0, 0.1) is 6.92 Å². The smallest absolute Gasteiger partial charge is 0.139 e. The van der Waals surface area contributed by atoms with Crippen molar-refractivity contribution in [2.75, 3.05) is 17.3 Å². The highest BCUT2D eigenvalue weighted by molar-refractivity contribution is 7.98. The van der Waals surface area contributed by atoms with Crippen molar-refractivity contribution in [1.82, 2.24) is 9.97 Å². The van der Waals surface area contributed by atoms with Gasteiger partial charge in [0.25, 0.3) is 0 Å². The second kappa shape index (κ2) is 6.13. The van der Waals surface area contributed by atoms with Crippen molar-refractivity contribution < 1.29 is 0 Å². The number of nitrogens with one attached hydrogen (secondary N) is 1. The van der Waals surface area contributed by atoms with E-state index < -0.39 is 0 Å². The molecule has 0 saturated heterocycles. The summed E-state index contributed by atoms with van der Waals surface area (Å²) in [5.74, 6) is 2.32. The van der Waals surface area contributed by atoms with E-state index >= 15 is 0 Å². The SMILES string of the molecule is CSc1ccccc1Nc1nc(C(C)C)nc(N)c1C. The van der Waals surface area contributed by atoms with Crippen molar-refractivity contribution in [3.8, 4) is 0 Å². The molecule has 1 aromatic heterocycles. The molecule has 0 unspecified atom stereocenters. The van der Waals surface area contributed by atoms with E-state index in [1.54, 1.807) is 11.8 Å². The van der Waals surface area contributed by atoms with Crippen molar-refractivity contribution in [3.63, 3.8) is 0 Å². The van der Waals surface area contributed by atoms with E-state index in [0.29, 0.717) is 5.82 Å². The van der Waals surface area contributed by atoms with Gasteiger partial charge in [0.15, 0.2) is 0 Å². The summed E-state index contributed by atoms with van der Waals surface area (Å²) in [4.78, 5) is 10.1. The monoisotopic (exact) mass is 288 g/mol. The highest BCUT2D eigenvalue weighted by Crippen LogP contribution is 2.29. The lowest BCUT2D eigenvalue weighted by molar-refractivity contribution is 0.776. The predicted molar refractivity (Wildman–Crippen MR) is 86.8 cm³/mol. The minimum absolute atomic E-state index is 0.245. The van der Waals surface area contributed by atoms with Crippen molar-refractivity contribution in [1.29, 1.82) is 0 Å². The van der Waals surface area contributed by atoms with Crippen LogP contribution in [0.2, 0.25) is 0 Å². The van der Waals surface area contributed by atoms with E-state index in [0.717, 1.165) is 22.9 Å². The first-order valence-electron chi connectivity index (χ1n) is 6.57. The standard InChI is InChI=1S/C15H20N4S/c1-9(2)14-18-13(16)10(3)15(19-14)17-11-7-5-6-8-12(11)20-4/h5-9H,1-4H3,(H3,16,17,18,19). The molecule has 0 saturated carbocycles. The Morgan fingerprint density at radius 2 is 1.90 bits per heavy atom. The molecule has 3 N–H and O–H groups in total. The van der Waals surface area contributed by atoms with Gasteiger partial charge in [-0.3, -0.25) is 0 Å². The summed E-state index contributed by atoms with van der Waals surface area (Å²) in [6, 6.07) is 8.15. The van der Waals surface area contributed by atoms with E-state index in [4.69, 9.17) is 5.73 Å². The normalized spacial score (nSPS) is 10.8. The molecular formula is C15H20N4S. The topological polar surface area (TPSA) is 63.8 Å². The molecule has 20 heavy (non-hydrogen) atoms. The number of hydrogen-bond donors (Lipinski definition) is 2. The molecule has 0 radical (unpaired) electrons. The van der Waals surface area contributed by atoms with Crippen LogP contribution >= 0.6 is 11.8 Å². The maximum absolute atomic E-state index is 5.99. The Labute approximate surface area is 124 Å². The molecule has 5 heteroatoms. The first kappa shape index (κ1) is 14.7. The van der Waals surface area contributed by atoms with Gasteiger partial charge < -0.3 is 11.1 Å². The van der Waals surface area contributed by atoms with Crippen molar-refractivity contribution in [2.45, 2.75) is 31.6 Å². The summed E-state index contributed by atoms with van der Waals surface area (Å²) in [6.07, 6.45) is 2.06. The van der Waals surface area contributed by atoms with Gasteiger partial charge in [0.1, 0.15) is 17.5 Å².